The largest absolute Gasteiger partial charge is 0.409 e. The third kappa shape index (κ3) is 4.84. The third-order valence-corrected chi connectivity index (χ3v) is 3.45. The first-order chi connectivity index (χ1) is 7.76. The second kappa shape index (κ2) is 7.49. The average molecular weight is 227 g/mol. The fraction of sp³-hybridized carbons (Fsp3) is 0.917. The summed E-state index contributed by atoms with van der Waals surface area (Å²) in [5.41, 5.74) is 5.48. The van der Waals surface area contributed by atoms with Gasteiger partial charge in [-0.1, -0.05) is 24.9 Å². The lowest BCUT2D eigenvalue weighted by molar-refractivity contribution is 0.282. The summed E-state index contributed by atoms with van der Waals surface area (Å²) in [5.74, 6) is 1.26. The molecule has 94 valence electrons. The lowest BCUT2D eigenvalue weighted by Gasteiger charge is -2.19. The topological polar surface area (TPSA) is 61.8 Å². The van der Waals surface area contributed by atoms with Crippen molar-refractivity contribution in [3.63, 3.8) is 0 Å². The fourth-order valence-corrected chi connectivity index (χ4v) is 2.47. The molecular weight excluding hydrogens is 202 g/mol. The van der Waals surface area contributed by atoms with E-state index in [1.165, 1.54) is 45.2 Å². The summed E-state index contributed by atoms with van der Waals surface area (Å²) in [6.07, 6.45) is 7.32. The molecule has 1 heterocycles. The quantitative estimate of drug-likeness (QED) is 0.327. The van der Waals surface area contributed by atoms with Crippen LogP contribution in [0.25, 0.3) is 0 Å². The summed E-state index contributed by atoms with van der Waals surface area (Å²) in [4.78, 5) is 2.44. The Labute approximate surface area is 98.5 Å². The first-order valence-corrected chi connectivity index (χ1v) is 6.45. The number of amidine groups is 1. The van der Waals surface area contributed by atoms with Crippen LogP contribution < -0.4 is 5.73 Å². The van der Waals surface area contributed by atoms with E-state index in [1.54, 1.807) is 0 Å². The second-order valence-electron chi connectivity index (χ2n) is 4.77. The summed E-state index contributed by atoms with van der Waals surface area (Å²) in [7, 11) is 0. The molecule has 16 heavy (non-hydrogen) atoms. The molecule has 1 unspecified atom stereocenters. The Kier molecular flexibility index (Phi) is 6.23. The first kappa shape index (κ1) is 13.3. The predicted octanol–water partition coefficient (Wildman–Crippen LogP) is 2.03. The van der Waals surface area contributed by atoms with Crippen molar-refractivity contribution in [1.82, 2.24) is 4.90 Å². The smallest absolute Gasteiger partial charge is 0.140 e. The molecule has 0 amide bonds. The normalized spacial score (nSPS) is 24.3. The zero-order valence-corrected chi connectivity index (χ0v) is 10.4. The van der Waals surface area contributed by atoms with Gasteiger partial charge in [0.05, 0.1) is 0 Å². The third-order valence-electron chi connectivity index (χ3n) is 3.45. The second-order valence-corrected chi connectivity index (χ2v) is 4.77. The van der Waals surface area contributed by atoms with Crippen molar-refractivity contribution in [2.45, 2.75) is 45.4 Å². The average Bonchev–Trinajstić information content (AvgIpc) is 2.52. The van der Waals surface area contributed by atoms with Gasteiger partial charge in [0, 0.05) is 13.0 Å². The van der Waals surface area contributed by atoms with E-state index < -0.39 is 0 Å². The minimum atomic E-state index is 0.342. The number of nitrogens with two attached hydrogens (primary N) is 1. The molecule has 0 spiro atoms. The minimum Gasteiger partial charge on any atom is -0.409 e. The zero-order valence-electron chi connectivity index (χ0n) is 10.4. The Bertz CT molecular complexity index is 218. The lowest BCUT2D eigenvalue weighted by atomic mass is 9.96. The van der Waals surface area contributed by atoms with E-state index in [1.807, 2.05) is 0 Å². The zero-order chi connectivity index (χ0) is 11.8. The van der Waals surface area contributed by atoms with Crippen LogP contribution in [0, 0.1) is 5.92 Å². The molecule has 1 atom stereocenters. The van der Waals surface area contributed by atoms with Crippen molar-refractivity contribution in [3.05, 3.63) is 0 Å². The van der Waals surface area contributed by atoms with E-state index in [9.17, 15) is 0 Å². The highest BCUT2D eigenvalue weighted by molar-refractivity contribution is 5.79. The van der Waals surface area contributed by atoms with E-state index in [0.29, 0.717) is 12.3 Å². The monoisotopic (exact) mass is 227 g/mol. The standard InChI is InChI=1S/C12H25N3O/c1-2-4-11-5-3-8-15(9-6-11)10-7-12(13)14-16/h11,16H,2-10H2,1H3,(H2,13,14). The number of oxime groups is 1. The highest BCUT2D eigenvalue weighted by Crippen LogP contribution is 2.21. The van der Waals surface area contributed by atoms with Crippen molar-refractivity contribution in [1.29, 1.82) is 0 Å². The van der Waals surface area contributed by atoms with Crippen LogP contribution in [0.15, 0.2) is 5.16 Å². The summed E-state index contributed by atoms with van der Waals surface area (Å²) in [6, 6.07) is 0. The van der Waals surface area contributed by atoms with Gasteiger partial charge in [-0.2, -0.15) is 0 Å². The van der Waals surface area contributed by atoms with Gasteiger partial charge in [-0.25, -0.2) is 0 Å². The SMILES string of the molecule is CCCC1CCCN(CCC(N)=NO)CC1. The van der Waals surface area contributed by atoms with E-state index in [4.69, 9.17) is 10.9 Å². The van der Waals surface area contributed by atoms with Gasteiger partial charge in [-0.15, -0.1) is 0 Å². The van der Waals surface area contributed by atoms with Crippen LogP contribution in [0.4, 0.5) is 0 Å². The Morgan fingerprint density at radius 2 is 2.25 bits per heavy atom. The molecule has 3 N–H and O–H groups in total. The molecule has 0 aromatic heterocycles. The van der Waals surface area contributed by atoms with Gasteiger partial charge in [0.15, 0.2) is 0 Å². The van der Waals surface area contributed by atoms with Gasteiger partial charge in [-0.05, 0) is 38.3 Å². The van der Waals surface area contributed by atoms with Crippen molar-refractivity contribution in [2.75, 3.05) is 19.6 Å². The van der Waals surface area contributed by atoms with Crippen molar-refractivity contribution < 1.29 is 5.21 Å². The summed E-state index contributed by atoms with van der Waals surface area (Å²) >= 11 is 0. The number of likely N-dealkylation sites (tertiary alicyclic amines) is 1. The minimum absolute atomic E-state index is 0.342. The van der Waals surface area contributed by atoms with E-state index >= 15 is 0 Å². The predicted molar refractivity (Wildman–Crippen MR) is 66.7 cm³/mol. The first-order valence-electron chi connectivity index (χ1n) is 6.45. The van der Waals surface area contributed by atoms with Crippen molar-refractivity contribution in [2.24, 2.45) is 16.8 Å². The van der Waals surface area contributed by atoms with Gasteiger partial charge in [0.1, 0.15) is 5.84 Å². The molecule has 1 aliphatic rings. The number of hydrogen-bond donors (Lipinski definition) is 2. The van der Waals surface area contributed by atoms with E-state index in [-0.39, 0.29) is 0 Å². The molecule has 0 aromatic rings. The van der Waals surface area contributed by atoms with Gasteiger partial charge in [-0.3, -0.25) is 0 Å². The molecule has 0 aromatic carbocycles. The molecule has 4 nitrogen and oxygen atoms in total. The molecule has 1 saturated heterocycles. The van der Waals surface area contributed by atoms with E-state index in [0.717, 1.165) is 12.5 Å². The van der Waals surface area contributed by atoms with Crippen LogP contribution in [0.1, 0.15) is 45.4 Å². The van der Waals surface area contributed by atoms with Crippen molar-refractivity contribution in [3.8, 4) is 0 Å². The maximum atomic E-state index is 8.48. The Morgan fingerprint density at radius 1 is 1.44 bits per heavy atom. The summed E-state index contributed by atoms with van der Waals surface area (Å²) < 4.78 is 0. The highest BCUT2D eigenvalue weighted by atomic mass is 16.4. The molecule has 1 rings (SSSR count). The molecule has 1 fully saturated rings. The number of rotatable bonds is 5. The van der Waals surface area contributed by atoms with Crippen LogP contribution in [-0.2, 0) is 0 Å². The molecule has 0 bridgehead atoms. The lowest BCUT2D eigenvalue weighted by Crippen LogP contribution is -2.29. The molecule has 1 aliphatic heterocycles. The highest BCUT2D eigenvalue weighted by Gasteiger charge is 2.16. The van der Waals surface area contributed by atoms with Gasteiger partial charge < -0.3 is 15.8 Å². The van der Waals surface area contributed by atoms with Crippen LogP contribution in [0.5, 0.6) is 0 Å². The Morgan fingerprint density at radius 3 is 2.94 bits per heavy atom. The van der Waals surface area contributed by atoms with E-state index in [2.05, 4.69) is 17.0 Å². The van der Waals surface area contributed by atoms with Gasteiger partial charge >= 0.3 is 0 Å². The van der Waals surface area contributed by atoms with Crippen LogP contribution in [0.3, 0.4) is 0 Å². The van der Waals surface area contributed by atoms with Crippen LogP contribution >= 0.6 is 0 Å². The maximum Gasteiger partial charge on any atom is 0.140 e. The fourth-order valence-electron chi connectivity index (χ4n) is 2.47. The molecule has 0 radical (unpaired) electrons. The summed E-state index contributed by atoms with van der Waals surface area (Å²) in [6.45, 7) is 5.53. The van der Waals surface area contributed by atoms with Crippen molar-refractivity contribution >= 4 is 5.84 Å². The molecule has 0 saturated carbocycles. The molecule has 4 heteroatoms. The van der Waals surface area contributed by atoms with Crippen LogP contribution in [0.2, 0.25) is 0 Å². The Hall–Kier alpha value is -0.770. The van der Waals surface area contributed by atoms with Crippen LogP contribution in [-0.4, -0.2) is 35.6 Å². The summed E-state index contributed by atoms with van der Waals surface area (Å²) in [5, 5.41) is 11.5. The number of nitrogens with zero attached hydrogens (tertiary/aromatic N) is 2. The number of hydrogen-bond acceptors (Lipinski definition) is 3. The van der Waals surface area contributed by atoms with Gasteiger partial charge in [0.25, 0.3) is 0 Å². The molecular formula is C12H25N3O. The maximum absolute atomic E-state index is 8.48. The molecule has 0 aliphatic carbocycles. The Balaban J connectivity index is 2.24. The van der Waals surface area contributed by atoms with Gasteiger partial charge in [0.2, 0.25) is 0 Å².